The average Bonchev–Trinajstić information content (AvgIpc) is 2.77. The highest BCUT2D eigenvalue weighted by atomic mass is 16.4. The minimum atomic E-state index is -0.979. The zero-order valence-electron chi connectivity index (χ0n) is 21.1. The summed E-state index contributed by atoms with van der Waals surface area (Å²) in [6, 6.07) is 10.7. The van der Waals surface area contributed by atoms with Crippen molar-refractivity contribution in [2.24, 2.45) is 5.92 Å². The molecule has 0 radical (unpaired) electrons. The van der Waals surface area contributed by atoms with E-state index in [2.05, 4.69) is 4.98 Å². The number of ketones is 1. The SMILES string of the molecule is Cc1ccn(C(CC(C)C)C(=O)C[C@@H](CC(=O)O)c2cncc(-c3c(C)cccc3C)c2)c(=O)c1. The van der Waals surface area contributed by atoms with E-state index in [0.717, 1.165) is 27.8 Å². The Morgan fingerprint density at radius 1 is 1.00 bits per heavy atom. The number of pyridine rings is 2. The van der Waals surface area contributed by atoms with Crippen LogP contribution in [0.4, 0.5) is 0 Å². The van der Waals surface area contributed by atoms with E-state index in [1.807, 2.05) is 65.0 Å². The number of nitrogens with zero attached hydrogens (tertiary/aromatic N) is 2. The Morgan fingerprint density at radius 2 is 1.69 bits per heavy atom. The van der Waals surface area contributed by atoms with Crippen LogP contribution in [0.2, 0.25) is 0 Å². The highest BCUT2D eigenvalue weighted by Gasteiger charge is 2.28. The molecule has 0 aliphatic rings. The molecule has 1 aromatic carbocycles. The van der Waals surface area contributed by atoms with Gasteiger partial charge < -0.3 is 9.67 Å². The van der Waals surface area contributed by atoms with Crippen LogP contribution in [0.15, 0.2) is 59.8 Å². The molecule has 3 aromatic rings. The van der Waals surface area contributed by atoms with E-state index in [4.69, 9.17) is 0 Å². The van der Waals surface area contributed by atoms with Crippen LogP contribution < -0.4 is 5.56 Å². The smallest absolute Gasteiger partial charge is 0.303 e. The lowest BCUT2D eigenvalue weighted by Gasteiger charge is -2.23. The number of hydrogen-bond acceptors (Lipinski definition) is 4. The van der Waals surface area contributed by atoms with Gasteiger partial charge in [-0.15, -0.1) is 0 Å². The molecular weight excluding hydrogens is 440 g/mol. The lowest BCUT2D eigenvalue weighted by molar-refractivity contribution is -0.137. The minimum absolute atomic E-state index is 0.0158. The molecule has 6 nitrogen and oxygen atoms in total. The summed E-state index contributed by atoms with van der Waals surface area (Å²) in [5.41, 5.74) is 5.48. The maximum atomic E-state index is 13.6. The minimum Gasteiger partial charge on any atom is -0.481 e. The van der Waals surface area contributed by atoms with Crippen LogP contribution in [0, 0.1) is 26.7 Å². The van der Waals surface area contributed by atoms with Crippen LogP contribution in [0.1, 0.15) is 67.3 Å². The summed E-state index contributed by atoms with van der Waals surface area (Å²) in [5.74, 6) is -1.49. The Bertz CT molecular complexity index is 1260. The third kappa shape index (κ3) is 6.53. The van der Waals surface area contributed by atoms with E-state index >= 15 is 0 Å². The molecule has 1 unspecified atom stereocenters. The second kappa shape index (κ2) is 11.3. The zero-order valence-corrected chi connectivity index (χ0v) is 21.1. The zero-order chi connectivity index (χ0) is 25.7. The number of aromatic nitrogens is 2. The number of aryl methyl sites for hydroxylation is 3. The molecule has 184 valence electrons. The molecule has 2 aromatic heterocycles. The van der Waals surface area contributed by atoms with Crippen LogP contribution >= 0.6 is 0 Å². The first-order chi connectivity index (χ1) is 16.6. The third-order valence-electron chi connectivity index (χ3n) is 6.37. The van der Waals surface area contributed by atoms with E-state index in [-0.39, 0.29) is 30.1 Å². The maximum Gasteiger partial charge on any atom is 0.303 e. The van der Waals surface area contributed by atoms with Crippen LogP contribution in [-0.2, 0) is 9.59 Å². The number of carboxylic acids is 1. The van der Waals surface area contributed by atoms with E-state index in [0.29, 0.717) is 12.0 Å². The third-order valence-corrected chi connectivity index (χ3v) is 6.37. The van der Waals surface area contributed by atoms with Crippen LogP contribution in [-0.4, -0.2) is 26.4 Å². The second-order valence-electron chi connectivity index (χ2n) is 9.83. The number of benzene rings is 1. The molecule has 35 heavy (non-hydrogen) atoms. The summed E-state index contributed by atoms with van der Waals surface area (Å²) in [7, 11) is 0. The van der Waals surface area contributed by atoms with Gasteiger partial charge in [0.05, 0.1) is 12.5 Å². The Labute approximate surface area is 206 Å². The van der Waals surface area contributed by atoms with Crippen molar-refractivity contribution in [2.75, 3.05) is 0 Å². The maximum absolute atomic E-state index is 13.6. The van der Waals surface area contributed by atoms with Crippen molar-refractivity contribution >= 4 is 11.8 Å². The topological polar surface area (TPSA) is 89.3 Å². The van der Waals surface area contributed by atoms with Gasteiger partial charge in [-0.2, -0.15) is 0 Å². The van der Waals surface area contributed by atoms with Crippen molar-refractivity contribution in [3.8, 4) is 11.1 Å². The fourth-order valence-corrected chi connectivity index (χ4v) is 4.68. The summed E-state index contributed by atoms with van der Waals surface area (Å²) >= 11 is 0. The number of hydrogen-bond donors (Lipinski definition) is 1. The van der Waals surface area contributed by atoms with Gasteiger partial charge in [-0.25, -0.2) is 0 Å². The number of Topliss-reactive ketones (excluding diaryl/α,β-unsaturated/α-hetero) is 1. The molecule has 2 heterocycles. The van der Waals surface area contributed by atoms with Gasteiger partial charge in [-0.3, -0.25) is 19.4 Å². The lowest BCUT2D eigenvalue weighted by atomic mass is 9.86. The van der Waals surface area contributed by atoms with Gasteiger partial charge in [0, 0.05) is 42.6 Å². The molecule has 0 spiro atoms. The van der Waals surface area contributed by atoms with Gasteiger partial charge in [-0.05, 0) is 73.1 Å². The van der Waals surface area contributed by atoms with Crippen molar-refractivity contribution in [3.63, 3.8) is 0 Å². The first-order valence-corrected chi connectivity index (χ1v) is 12.0. The van der Waals surface area contributed by atoms with Crippen molar-refractivity contribution in [1.29, 1.82) is 0 Å². The first-order valence-electron chi connectivity index (χ1n) is 12.0. The number of rotatable bonds is 10. The van der Waals surface area contributed by atoms with Crippen LogP contribution in [0.5, 0.6) is 0 Å². The Balaban J connectivity index is 1.98. The van der Waals surface area contributed by atoms with E-state index in [9.17, 15) is 19.5 Å². The number of carboxylic acid groups (broad SMARTS) is 1. The largest absolute Gasteiger partial charge is 0.481 e. The lowest BCUT2D eigenvalue weighted by Crippen LogP contribution is -2.31. The van der Waals surface area contributed by atoms with E-state index in [1.165, 1.54) is 10.6 Å². The standard InChI is InChI=1S/C29H34N2O4/c1-18(2)11-25(31-10-9-19(3)12-27(31)33)26(32)14-22(15-28(34)35)23-13-24(17-30-16-23)29-20(4)7-6-8-21(29)5/h6-10,12-13,16-18,22,25H,11,14-15H2,1-5H3,(H,34,35)/t22-,25?/m0/s1. The molecule has 0 saturated carbocycles. The molecule has 1 N–H and O–H groups in total. The van der Waals surface area contributed by atoms with Gasteiger partial charge >= 0.3 is 5.97 Å². The number of aliphatic carboxylic acids is 1. The van der Waals surface area contributed by atoms with Gasteiger partial charge in [0.25, 0.3) is 5.56 Å². The molecule has 0 aliphatic heterocycles. The molecule has 0 bridgehead atoms. The van der Waals surface area contributed by atoms with Crippen molar-refractivity contribution in [2.45, 2.75) is 65.8 Å². The molecule has 0 fully saturated rings. The predicted octanol–water partition coefficient (Wildman–Crippen LogP) is 5.64. The van der Waals surface area contributed by atoms with Crippen molar-refractivity contribution in [1.82, 2.24) is 9.55 Å². The molecular formula is C29H34N2O4. The highest BCUT2D eigenvalue weighted by molar-refractivity contribution is 5.84. The first kappa shape index (κ1) is 26.1. The quantitative estimate of drug-likeness (QED) is 0.411. The molecule has 0 amide bonds. The summed E-state index contributed by atoms with van der Waals surface area (Å²) < 4.78 is 1.48. The van der Waals surface area contributed by atoms with Crippen molar-refractivity contribution in [3.05, 3.63) is 87.6 Å². The Hall–Kier alpha value is -3.54. The molecule has 0 saturated heterocycles. The monoisotopic (exact) mass is 474 g/mol. The Kier molecular flexibility index (Phi) is 8.39. The number of carbonyl (C=O) groups is 2. The van der Waals surface area contributed by atoms with Crippen molar-refractivity contribution < 1.29 is 14.7 Å². The summed E-state index contributed by atoms with van der Waals surface area (Å²) in [6.45, 7) is 9.91. The Morgan fingerprint density at radius 3 is 2.29 bits per heavy atom. The predicted molar refractivity (Wildman–Crippen MR) is 138 cm³/mol. The average molecular weight is 475 g/mol. The van der Waals surface area contributed by atoms with Crippen LogP contribution in [0.25, 0.3) is 11.1 Å². The van der Waals surface area contributed by atoms with Gasteiger partial charge in [-0.1, -0.05) is 32.0 Å². The van der Waals surface area contributed by atoms with E-state index in [1.54, 1.807) is 18.6 Å². The fraction of sp³-hybridized carbons (Fsp3) is 0.379. The highest BCUT2D eigenvalue weighted by Crippen LogP contribution is 2.32. The summed E-state index contributed by atoms with van der Waals surface area (Å²) in [6.07, 6.45) is 5.41. The molecule has 6 heteroatoms. The normalized spacial score (nSPS) is 13.0. The van der Waals surface area contributed by atoms with Crippen LogP contribution in [0.3, 0.4) is 0 Å². The van der Waals surface area contributed by atoms with Gasteiger partial charge in [0.2, 0.25) is 0 Å². The molecule has 0 aliphatic carbocycles. The number of carbonyl (C=O) groups excluding carboxylic acids is 1. The van der Waals surface area contributed by atoms with Gasteiger partial charge in [0.15, 0.2) is 5.78 Å². The van der Waals surface area contributed by atoms with E-state index < -0.39 is 17.9 Å². The molecule has 3 rings (SSSR count). The molecule has 2 atom stereocenters. The summed E-state index contributed by atoms with van der Waals surface area (Å²) in [4.78, 5) is 42.4. The second-order valence-corrected chi connectivity index (χ2v) is 9.83. The summed E-state index contributed by atoms with van der Waals surface area (Å²) in [5, 5.41) is 9.62. The van der Waals surface area contributed by atoms with Gasteiger partial charge in [0.1, 0.15) is 0 Å². The fourth-order valence-electron chi connectivity index (χ4n) is 4.68.